The van der Waals surface area contributed by atoms with Gasteiger partial charge in [-0.15, -0.1) is 0 Å². The van der Waals surface area contributed by atoms with Crippen molar-refractivity contribution < 1.29 is 4.74 Å². The van der Waals surface area contributed by atoms with Gasteiger partial charge in [0.25, 0.3) is 0 Å². The Balaban J connectivity index is 0.957. The van der Waals surface area contributed by atoms with Gasteiger partial charge in [-0.1, -0.05) is 146 Å². The fraction of sp³-hybridized carbons (Fsp3) is 0.197. The van der Waals surface area contributed by atoms with Crippen molar-refractivity contribution in [3.63, 3.8) is 0 Å². The normalized spacial score (nSPS) is 13.3. The second-order valence-corrected chi connectivity index (χ2v) is 20.6. The third-order valence-electron chi connectivity index (χ3n) is 13.8. The van der Waals surface area contributed by atoms with Gasteiger partial charge in [0.2, 0.25) is 0 Å². The molecule has 1 aliphatic rings. The Morgan fingerprint density at radius 1 is 0.439 bits per heavy atom. The quantitative estimate of drug-likeness (QED) is 0.150. The number of aromatic nitrogens is 2. The fourth-order valence-corrected chi connectivity index (χ4v) is 10.2. The SMILES string of the molecule is CC(C)(C)c1cc(N2CN(c3cccc(Oc4ccc5c6ccccc6n(-c6cc(C(C)(C)c7c8ccccc8cc8ccccc78)ccn6)c5c4)c3)c3ccccc32)cc(C(C)(C)C)c1. The van der Waals surface area contributed by atoms with E-state index in [2.05, 4.69) is 246 Å². The van der Waals surface area contributed by atoms with E-state index in [1.807, 2.05) is 6.20 Å². The number of fused-ring (bicyclic) bond motifs is 6. The molecule has 0 atom stereocenters. The number of rotatable bonds is 7. The lowest BCUT2D eigenvalue weighted by Gasteiger charge is -2.30. The number of hydrogen-bond acceptors (Lipinski definition) is 4. The van der Waals surface area contributed by atoms with Crippen LogP contribution in [0.3, 0.4) is 0 Å². The maximum absolute atomic E-state index is 6.82. The zero-order valence-corrected chi connectivity index (χ0v) is 39.2. The van der Waals surface area contributed by atoms with Gasteiger partial charge >= 0.3 is 0 Å². The fourth-order valence-electron chi connectivity index (χ4n) is 10.2. The molecule has 0 radical (unpaired) electrons. The molecular weight excluding hydrogens is 805 g/mol. The van der Waals surface area contributed by atoms with Crippen LogP contribution in [0.25, 0.3) is 49.2 Å². The summed E-state index contributed by atoms with van der Waals surface area (Å²) in [5.74, 6) is 2.41. The Kier molecular flexibility index (Phi) is 9.63. The van der Waals surface area contributed by atoms with Gasteiger partial charge in [0.05, 0.1) is 22.4 Å². The van der Waals surface area contributed by atoms with E-state index < -0.39 is 0 Å². The summed E-state index contributed by atoms with van der Waals surface area (Å²) in [5, 5.41) is 7.36. The van der Waals surface area contributed by atoms with Crippen LogP contribution in [0, 0.1) is 0 Å². The second kappa shape index (κ2) is 15.4. The van der Waals surface area contributed by atoms with Crippen molar-refractivity contribution in [1.82, 2.24) is 9.55 Å². The molecule has 11 rings (SSSR count). The van der Waals surface area contributed by atoms with Gasteiger partial charge in [-0.2, -0.15) is 0 Å². The predicted octanol–water partition coefficient (Wildman–Crippen LogP) is 16.4. The van der Waals surface area contributed by atoms with Crippen LogP contribution in [0.2, 0.25) is 0 Å². The molecule has 0 amide bonds. The molecule has 5 heteroatoms. The number of nitrogens with zero attached hydrogens (tertiary/aromatic N) is 4. The molecule has 10 aromatic rings. The summed E-state index contributed by atoms with van der Waals surface area (Å²) in [6.45, 7) is 19.2. The lowest BCUT2D eigenvalue weighted by molar-refractivity contribution is 0.483. The number of pyridine rings is 1. The van der Waals surface area contributed by atoms with Crippen molar-refractivity contribution in [2.75, 3.05) is 16.5 Å². The van der Waals surface area contributed by atoms with Crippen molar-refractivity contribution >= 4 is 66.1 Å². The molecule has 0 unspecified atom stereocenters. The summed E-state index contributed by atoms with van der Waals surface area (Å²) in [6.07, 6.45) is 1.97. The van der Waals surface area contributed by atoms with Crippen LogP contribution in [0.4, 0.5) is 22.7 Å². The molecule has 0 aliphatic carbocycles. The van der Waals surface area contributed by atoms with Crippen LogP contribution in [0.15, 0.2) is 182 Å². The molecule has 0 bridgehead atoms. The monoisotopic (exact) mass is 860 g/mol. The van der Waals surface area contributed by atoms with Crippen LogP contribution in [-0.4, -0.2) is 16.2 Å². The molecule has 0 saturated heterocycles. The zero-order chi connectivity index (χ0) is 45.5. The van der Waals surface area contributed by atoms with Crippen LogP contribution >= 0.6 is 0 Å². The Labute approximate surface area is 388 Å². The second-order valence-electron chi connectivity index (χ2n) is 20.6. The Morgan fingerprint density at radius 2 is 1.02 bits per heavy atom. The van der Waals surface area contributed by atoms with E-state index in [0.29, 0.717) is 6.67 Å². The van der Waals surface area contributed by atoms with E-state index in [9.17, 15) is 0 Å². The number of anilines is 4. The van der Waals surface area contributed by atoms with Gasteiger partial charge in [0, 0.05) is 45.9 Å². The van der Waals surface area contributed by atoms with Crippen LogP contribution in [0.5, 0.6) is 11.5 Å². The van der Waals surface area contributed by atoms with E-state index >= 15 is 0 Å². The van der Waals surface area contributed by atoms with E-state index in [0.717, 1.165) is 39.4 Å². The number of benzene rings is 8. The van der Waals surface area contributed by atoms with Crippen molar-refractivity contribution in [3.8, 4) is 17.3 Å². The van der Waals surface area contributed by atoms with Crippen molar-refractivity contribution in [1.29, 1.82) is 0 Å². The van der Waals surface area contributed by atoms with Crippen LogP contribution < -0.4 is 14.5 Å². The molecule has 0 N–H and O–H groups in total. The highest BCUT2D eigenvalue weighted by Gasteiger charge is 2.31. The summed E-state index contributed by atoms with van der Waals surface area (Å²) >= 11 is 0. The maximum atomic E-state index is 6.82. The van der Waals surface area contributed by atoms with E-state index in [4.69, 9.17) is 9.72 Å². The van der Waals surface area contributed by atoms with Gasteiger partial charge in [-0.25, -0.2) is 4.98 Å². The summed E-state index contributed by atoms with van der Waals surface area (Å²) < 4.78 is 9.12. The molecule has 0 saturated carbocycles. The summed E-state index contributed by atoms with van der Waals surface area (Å²) in [5.41, 5.74) is 11.7. The maximum Gasteiger partial charge on any atom is 0.137 e. The molecule has 0 fully saturated rings. The van der Waals surface area contributed by atoms with Crippen LogP contribution in [0.1, 0.15) is 77.6 Å². The smallest absolute Gasteiger partial charge is 0.137 e. The van der Waals surface area contributed by atoms with Gasteiger partial charge in [-0.3, -0.25) is 4.57 Å². The molecule has 3 heterocycles. The third-order valence-corrected chi connectivity index (χ3v) is 13.8. The first-order valence-electron chi connectivity index (χ1n) is 23.2. The topological polar surface area (TPSA) is 33.5 Å². The summed E-state index contributed by atoms with van der Waals surface area (Å²) in [7, 11) is 0. The highest BCUT2D eigenvalue weighted by molar-refractivity contribution is 6.09. The average Bonchev–Trinajstić information content (AvgIpc) is 3.86. The van der Waals surface area contributed by atoms with Crippen molar-refractivity contribution in [2.24, 2.45) is 0 Å². The lowest BCUT2D eigenvalue weighted by atomic mass is 9.74. The molecule has 326 valence electrons. The first-order chi connectivity index (χ1) is 31.7. The number of para-hydroxylation sites is 3. The highest BCUT2D eigenvalue weighted by Crippen LogP contribution is 2.47. The summed E-state index contributed by atoms with van der Waals surface area (Å²) in [6, 6.07) is 63.8. The van der Waals surface area contributed by atoms with Crippen LogP contribution in [-0.2, 0) is 16.2 Å². The Hall–Kier alpha value is -7.37. The largest absolute Gasteiger partial charge is 0.457 e. The highest BCUT2D eigenvalue weighted by atomic mass is 16.5. The first-order valence-corrected chi connectivity index (χ1v) is 23.2. The Bertz CT molecular complexity index is 3420. The van der Waals surface area contributed by atoms with Gasteiger partial charge in [-0.05, 0) is 127 Å². The van der Waals surface area contributed by atoms with Gasteiger partial charge < -0.3 is 14.5 Å². The van der Waals surface area contributed by atoms with E-state index in [-0.39, 0.29) is 16.2 Å². The molecule has 1 aliphatic heterocycles. The van der Waals surface area contributed by atoms with Gasteiger partial charge in [0.15, 0.2) is 0 Å². The molecule has 66 heavy (non-hydrogen) atoms. The molecule has 2 aromatic heterocycles. The lowest BCUT2D eigenvalue weighted by Crippen LogP contribution is -2.25. The van der Waals surface area contributed by atoms with Crippen molar-refractivity contribution in [2.45, 2.75) is 71.6 Å². The number of ether oxygens (including phenoxy) is 1. The first kappa shape index (κ1) is 41.3. The minimum absolute atomic E-state index is 0.0171. The third kappa shape index (κ3) is 7.05. The predicted molar refractivity (Wildman–Crippen MR) is 278 cm³/mol. The minimum Gasteiger partial charge on any atom is -0.457 e. The average molecular weight is 861 g/mol. The summed E-state index contributed by atoms with van der Waals surface area (Å²) in [4.78, 5) is 9.92. The van der Waals surface area contributed by atoms with Crippen molar-refractivity contribution in [3.05, 3.63) is 204 Å². The molecule has 0 spiro atoms. The van der Waals surface area contributed by atoms with Gasteiger partial charge in [0.1, 0.15) is 24.0 Å². The zero-order valence-electron chi connectivity index (χ0n) is 39.2. The molecule has 8 aromatic carbocycles. The molecular formula is C61H56N4O. The standard InChI is InChI=1S/C61H56N4O/c1-59(2,3)43-33-44(60(4,5)6)35-46(34-43)64-39-63(54-26-15-16-27-55(54)64)45-20-17-21-47(37-45)66-48-28-29-52-51-24-13-14-25-53(51)65(56(52)38-48)57-36-42(30-31-62-57)61(7,8)58-49-22-11-9-18-40(49)32-41-19-10-12-23-50(41)58/h9-38H,39H2,1-8H3. The Morgan fingerprint density at radius 3 is 1.68 bits per heavy atom. The van der Waals surface area contributed by atoms with E-state index in [1.165, 1.54) is 66.2 Å². The molecule has 5 nitrogen and oxygen atoms in total. The number of hydrogen-bond donors (Lipinski definition) is 0. The minimum atomic E-state index is -0.338. The van der Waals surface area contributed by atoms with E-state index in [1.54, 1.807) is 0 Å².